The lowest BCUT2D eigenvalue weighted by Gasteiger charge is -2.18. The number of aromatic nitrogens is 5. The summed E-state index contributed by atoms with van der Waals surface area (Å²) in [6.07, 6.45) is 3.30. The first-order chi connectivity index (χ1) is 15.0. The second-order valence-electron chi connectivity index (χ2n) is 6.95. The summed E-state index contributed by atoms with van der Waals surface area (Å²) in [7, 11) is 0. The summed E-state index contributed by atoms with van der Waals surface area (Å²) in [5.41, 5.74) is 9.33. The Kier molecular flexibility index (Phi) is 7.38. The smallest absolute Gasteiger partial charge is 0.294 e. The minimum atomic E-state index is -0.559. The number of benzene rings is 1. The fourth-order valence-corrected chi connectivity index (χ4v) is 3.20. The van der Waals surface area contributed by atoms with Crippen LogP contribution in [0.3, 0.4) is 0 Å². The van der Waals surface area contributed by atoms with Crippen LogP contribution in [0.25, 0.3) is 5.82 Å². The van der Waals surface area contributed by atoms with Gasteiger partial charge in [0.15, 0.2) is 5.69 Å². The Morgan fingerprint density at radius 3 is 2.74 bits per heavy atom. The van der Waals surface area contributed by atoms with Crippen LogP contribution in [0.1, 0.15) is 48.4 Å². The molecule has 31 heavy (non-hydrogen) atoms. The highest BCUT2D eigenvalue weighted by Gasteiger charge is 2.26. The van der Waals surface area contributed by atoms with Gasteiger partial charge in [0.25, 0.3) is 5.91 Å². The van der Waals surface area contributed by atoms with Gasteiger partial charge in [-0.2, -0.15) is 9.78 Å². The molecule has 4 N–H and O–H groups in total. The van der Waals surface area contributed by atoms with E-state index in [1.54, 1.807) is 12.1 Å². The highest BCUT2D eigenvalue weighted by molar-refractivity contribution is 5.94. The highest BCUT2D eigenvalue weighted by Crippen LogP contribution is 2.15. The van der Waals surface area contributed by atoms with Gasteiger partial charge in [-0.1, -0.05) is 31.2 Å². The van der Waals surface area contributed by atoms with Crippen LogP contribution in [0.2, 0.25) is 0 Å². The number of nitrogens with two attached hydrogens (primary N) is 1. The minimum absolute atomic E-state index is 0.0368. The van der Waals surface area contributed by atoms with Crippen LogP contribution in [0.5, 0.6) is 0 Å². The lowest BCUT2D eigenvalue weighted by molar-refractivity contribution is -0.914. The summed E-state index contributed by atoms with van der Waals surface area (Å²) in [6.45, 7) is 6.48. The first-order valence-corrected chi connectivity index (χ1v) is 9.99. The molecular formula is C19H25FN9O2+. The average Bonchev–Trinajstić information content (AvgIpc) is 3.34. The number of hydrogen-bond donors (Lipinski definition) is 3. The Balaban J connectivity index is 1.87. The molecule has 2 aromatic heterocycles. The topological polar surface area (TPSA) is 142 Å². The van der Waals surface area contributed by atoms with Gasteiger partial charge in [0.05, 0.1) is 19.3 Å². The summed E-state index contributed by atoms with van der Waals surface area (Å²) in [6, 6.07) is 5.84. The van der Waals surface area contributed by atoms with Crippen LogP contribution < -0.4 is 16.1 Å². The molecule has 0 saturated heterocycles. The van der Waals surface area contributed by atoms with E-state index < -0.39 is 11.7 Å². The molecule has 3 rings (SSSR count). The van der Waals surface area contributed by atoms with Gasteiger partial charge in [-0.3, -0.25) is 4.79 Å². The zero-order chi connectivity index (χ0) is 22.2. The van der Waals surface area contributed by atoms with Crippen LogP contribution in [0.4, 0.5) is 10.2 Å². The van der Waals surface area contributed by atoms with Crippen molar-refractivity contribution in [3.05, 3.63) is 47.0 Å². The summed E-state index contributed by atoms with van der Waals surface area (Å²) in [4.78, 5) is 14.0. The summed E-state index contributed by atoms with van der Waals surface area (Å²) < 4.78 is 19.3. The van der Waals surface area contributed by atoms with Crippen LogP contribution in [-0.4, -0.2) is 50.5 Å². The summed E-state index contributed by atoms with van der Waals surface area (Å²) in [5.74, 6) is -0.752. The molecule has 0 fully saturated rings. The van der Waals surface area contributed by atoms with Crippen LogP contribution in [0.15, 0.2) is 34.0 Å². The number of quaternary nitrogens is 1. The predicted molar refractivity (Wildman–Crippen MR) is 110 cm³/mol. The Labute approximate surface area is 178 Å². The van der Waals surface area contributed by atoms with Gasteiger partial charge in [0.2, 0.25) is 11.6 Å². The second-order valence-corrected chi connectivity index (χ2v) is 6.95. The molecule has 2 heterocycles. The van der Waals surface area contributed by atoms with E-state index in [9.17, 15) is 9.18 Å². The van der Waals surface area contributed by atoms with Crippen molar-refractivity contribution in [2.45, 2.75) is 33.2 Å². The van der Waals surface area contributed by atoms with E-state index in [0.717, 1.165) is 25.9 Å². The zero-order valence-corrected chi connectivity index (χ0v) is 17.4. The third kappa shape index (κ3) is 5.48. The van der Waals surface area contributed by atoms with E-state index in [2.05, 4.69) is 49.6 Å². The SMILES string of the molecule is CCC[NH+](CCC)Cc1c(C(=O)NN=Cc2cccc(F)c2)nnn1-c1nonc1N. The number of nitrogen functional groups attached to an aromatic ring is 1. The van der Waals surface area contributed by atoms with Crippen molar-refractivity contribution >= 4 is 17.9 Å². The molecule has 0 unspecified atom stereocenters. The van der Waals surface area contributed by atoms with Crippen molar-refractivity contribution in [1.29, 1.82) is 0 Å². The van der Waals surface area contributed by atoms with Gasteiger partial charge < -0.3 is 10.6 Å². The predicted octanol–water partition coefficient (Wildman–Crippen LogP) is 0.340. The van der Waals surface area contributed by atoms with Crippen molar-refractivity contribution in [3.8, 4) is 5.82 Å². The number of halogens is 1. The van der Waals surface area contributed by atoms with E-state index in [4.69, 9.17) is 5.73 Å². The molecular weight excluding hydrogens is 405 g/mol. The fraction of sp³-hybridized carbons (Fsp3) is 0.368. The number of amides is 1. The Morgan fingerprint density at radius 1 is 1.32 bits per heavy atom. The average molecular weight is 430 g/mol. The molecule has 1 aromatic carbocycles. The van der Waals surface area contributed by atoms with Gasteiger partial charge in [-0.15, -0.1) is 5.10 Å². The molecule has 12 heteroatoms. The van der Waals surface area contributed by atoms with Gasteiger partial charge in [0, 0.05) is 0 Å². The quantitative estimate of drug-likeness (QED) is 0.311. The van der Waals surface area contributed by atoms with Crippen molar-refractivity contribution < 1.29 is 18.7 Å². The minimum Gasteiger partial charge on any atom is -0.378 e. The lowest BCUT2D eigenvalue weighted by Crippen LogP contribution is -3.10. The molecule has 0 radical (unpaired) electrons. The first-order valence-electron chi connectivity index (χ1n) is 9.99. The summed E-state index contributed by atoms with van der Waals surface area (Å²) >= 11 is 0. The monoisotopic (exact) mass is 430 g/mol. The standard InChI is InChI=1S/C19H24FN9O2/c1-3-8-28(9-4-2)12-15-16(23-27-29(15)18-17(21)25-31-26-18)19(30)24-22-11-13-6-5-7-14(20)10-13/h5-7,10-11H,3-4,8-9,12H2,1-2H3,(H2,21,25)(H,24,30)/p+1. The maximum Gasteiger partial charge on any atom is 0.294 e. The molecule has 0 spiro atoms. The van der Waals surface area contributed by atoms with Crippen molar-refractivity contribution in [3.63, 3.8) is 0 Å². The van der Waals surface area contributed by atoms with Crippen molar-refractivity contribution in [2.75, 3.05) is 18.8 Å². The van der Waals surface area contributed by atoms with Gasteiger partial charge in [-0.05, 0) is 40.9 Å². The van der Waals surface area contributed by atoms with E-state index in [-0.39, 0.29) is 17.3 Å². The van der Waals surface area contributed by atoms with E-state index in [1.165, 1.54) is 27.9 Å². The van der Waals surface area contributed by atoms with Gasteiger partial charge in [-0.25, -0.2) is 14.4 Å². The van der Waals surface area contributed by atoms with Gasteiger partial charge in [0.1, 0.15) is 18.1 Å². The van der Waals surface area contributed by atoms with E-state index in [1.807, 2.05) is 0 Å². The largest absolute Gasteiger partial charge is 0.378 e. The van der Waals surface area contributed by atoms with Crippen LogP contribution >= 0.6 is 0 Å². The van der Waals surface area contributed by atoms with Crippen LogP contribution in [0, 0.1) is 5.82 Å². The molecule has 164 valence electrons. The molecule has 0 saturated carbocycles. The zero-order valence-electron chi connectivity index (χ0n) is 17.4. The number of carbonyl (C=O) groups is 1. The maximum absolute atomic E-state index is 13.3. The van der Waals surface area contributed by atoms with E-state index >= 15 is 0 Å². The third-order valence-corrected chi connectivity index (χ3v) is 4.53. The molecule has 0 aliphatic carbocycles. The van der Waals surface area contributed by atoms with Crippen molar-refractivity contribution in [2.24, 2.45) is 5.10 Å². The van der Waals surface area contributed by atoms with Crippen LogP contribution in [-0.2, 0) is 6.54 Å². The molecule has 0 aliphatic rings. The molecule has 0 aliphatic heterocycles. The number of anilines is 1. The number of hydrogen-bond acceptors (Lipinski definition) is 8. The number of hydrazone groups is 1. The molecule has 0 atom stereocenters. The lowest BCUT2D eigenvalue weighted by atomic mass is 10.2. The Hall–Kier alpha value is -3.67. The number of nitrogens with zero attached hydrogens (tertiary/aromatic N) is 6. The Morgan fingerprint density at radius 2 is 2.10 bits per heavy atom. The number of rotatable bonds is 10. The highest BCUT2D eigenvalue weighted by atomic mass is 19.1. The number of nitrogens with one attached hydrogen (secondary N) is 2. The maximum atomic E-state index is 13.3. The molecule has 0 bridgehead atoms. The molecule has 11 nitrogen and oxygen atoms in total. The fourth-order valence-electron chi connectivity index (χ4n) is 3.20. The number of carbonyl (C=O) groups excluding carboxylic acids is 1. The third-order valence-electron chi connectivity index (χ3n) is 4.53. The molecule has 3 aromatic rings. The summed E-state index contributed by atoms with van der Waals surface area (Å²) in [5, 5.41) is 19.3. The Bertz CT molecular complexity index is 1040. The first kappa shape index (κ1) is 22.0. The second kappa shape index (κ2) is 10.4. The van der Waals surface area contributed by atoms with E-state index in [0.29, 0.717) is 17.8 Å². The molecule has 1 amide bonds. The normalized spacial score (nSPS) is 11.5. The van der Waals surface area contributed by atoms with Crippen molar-refractivity contribution in [1.82, 2.24) is 30.7 Å². The van der Waals surface area contributed by atoms with Gasteiger partial charge >= 0.3 is 0 Å².